The molecule has 1 saturated heterocycles. The molecule has 27 heavy (non-hydrogen) atoms. The molecular formula is C18H18F3N3O3. The second-order valence-electron chi connectivity index (χ2n) is 6.22. The van der Waals surface area contributed by atoms with Gasteiger partial charge in [-0.15, -0.1) is 18.3 Å². The van der Waals surface area contributed by atoms with E-state index in [9.17, 15) is 18.0 Å². The standard InChI is InChI=1S/C18H18F3N3O3/c1-12-4-9-16(23-22-12)26-15-3-2-10-24(11-15)17(25)13-5-7-14(8-6-13)27-18(19,20)21/h4-9,15H,2-3,10-11H2,1H3. The Hall–Kier alpha value is -2.84. The van der Waals surface area contributed by atoms with Crippen molar-refractivity contribution in [2.24, 2.45) is 0 Å². The van der Waals surface area contributed by atoms with Crippen LogP contribution in [-0.2, 0) is 0 Å². The smallest absolute Gasteiger partial charge is 0.471 e. The molecule has 0 aliphatic carbocycles. The van der Waals surface area contributed by atoms with E-state index in [0.717, 1.165) is 30.7 Å². The van der Waals surface area contributed by atoms with Gasteiger partial charge in [-0.2, -0.15) is 5.10 Å². The number of carbonyl (C=O) groups excluding carboxylic acids is 1. The zero-order chi connectivity index (χ0) is 19.4. The number of alkyl halides is 3. The van der Waals surface area contributed by atoms with Crippen molar-refractivity contribution in [1.82, 2.24) is 15.1 Å². The van der Waals surface area contributed by atoms with Crippen LogP contribution < -0.4 is 9.47 Å². The summed E-state index contributed by atoms with van der Waals surface area (Å²) in [5, 5.41) is 7.89. The van der Waals surface area contributed by atoms with Crippen molar-refractivity contribution in [3.8, 4) is 11.6 Å². The number of ether oxygens (including phenoxy) is 2. The molecule has 1 aromatic heterocycles. The fraction of sp³-hybridized carbons (Fsp3) is 0.389. The van der Waals surface area contributed by atoms with E-state index in [-0.39, 0.29) is 17.8 Å². The van der Waals surface area contributed by atoms with Gasteiger partial charge in [0.15, 0.2) is 0 Å². The van der Waals surface area contributed by atoms with Gasteiger partial charge in [0.2, 0.25) is 5.88 Å². The second-order valence-corrected chi connectivity index (χ2v) is 6.22. The number of hydrogen-bond donors (Lipinski definition) is 0. The van der Waals surface area contributed by atoms with Crippen LogP contribution in [0.2, 0.25) is 0 Å². The van der Waals surface area contributed by atoms with Crippen LogP contribution in [0.1, 0.15) is 28.9 Å². The Morgan fingerprint density at radius 3 is 2.52 bits per heavy atom. The Morgan fingerprint density at radius 2 is 1.89 bits per heavy atom. The molecule has 2 aromatic rings. The highest BCUT2D eigenvalue weighted by molar-refractivity contribution is 5.94. The number of aryl methyl sites for hydroxylation is 1. The number of nitrogens with zero attached hydrogens (tertiary/aromatic N) is 3. The van der Waals surface area contributed by atoms with Crippen LogP contribution in [-0.4, -0.2) is 46.6 Å². The van der Waals surface area contributed by atoms with Crippen LogP contribution in [0.15, 0.2) is 36.4 Å². The molecule has 1 atom stereocenters. The van der Waals surface area contributed by atoms with E-state index in [1.807, 2.05) is 6.92 Å². The molecule has 1 aliphatic heterocycles. The van der Waals surface area contributed by atoms with Gasteiger partial charge in [0.05, 0.1) is 12.2 Å². The number of carbonyl (C=O) groups is 1. The van der Waals surface area contributed by atoms with Gasteiger partial charge in [-0.3, -0.25) is 4.79 Å². The number of amides is 1. The molecule has 144 valence electrons. The Balaban J connectivity index is 1.61. The molecule has 1 unspecified atom stereocenters. The molecule has 1 aromatic carbocycles. The van der Waals surface area contributed by atoms with Crippen molar-refractivity contribution in [2.45, 2.75) is 32.2 Å². The van der Waals surface area contributed by atoms with E-state index in [4.69, 9.17) is 4.74 Å². The maximum atomic E-state index is 12.6. The van der Waals surface area contributed by atoms with E-state index in [0.29, 0.717) is 24.5 Å². The number of piperidine rings is 1. The molecule has 1 aliphatic rings. The van der Waals surface area contributed by atoms with Gasteiger partial charge >= 0.3 is 6.36 Å². The third-order valence-corrected chi connectivity index (χ3v) is 4.06. The molecule has 0 radical (unpaired) electrons. The number of halogens is 3. The summed E-state index contributed by atoms with van der Waals surface area (Å²) < 4.78 is 46.2. The Labute approximate surface area is 153 Å². The number of aromatic nitrogens is 2. The van der Waals surface area contributed by atoms with Gasteiger partial charge < -0.3 is 14.4 Å². The zero-order valence-corrected chi connectivity index (χ0v) is 14.6. The molecule has 1 amide bonds. The normalized spacial score (nSPS) is 17.5. The average molecular weight is 381 g/mol. The third kappa shape index (κ3) is 5.32. The average Bonchev–Trinajstić information content (AvgIpc) is 2.63. The molecular weight excluding hydrogens is 363 g/mol. The fourth-order valence-corrected chi connectivity index (χ4v) is 2.82. The summed E-state index contributed by atoms with van der Waals surface area (Å²) in [4.78, 5) is 14.2. The van der Waals surface area contributed by atoms with Crippen LogP contribution in [0.4, 0.5) is 13.2 Å². The maximum Gasteiger partial charge on any atom is 0.573 e. The largest absolute Gasteiger partial charge is 0.573 e. The monoisotopic (exact) mass is 381 g/mol. The van der Waals surface area contributed by atoms with Crippen LogP contribution in [0.5, 0.6) is 11.6 Å². The molecule has 2 heterocycles. The Morgan fingerprint density at radius 1 is 1.15 bits per heavy atom. The number of benzene rings is 1. The maximum absolute atomic E-state index is 12.6. The van der Waals surface area contributed by atoms with Gasteiger partial charge in [0, 0.05) is 18.2 Å². The van der Waals surface area contributed by atoms with Crippen LogP contribution in [0.3, 0.4) is 0 Å². The first-order valence-corrected chi connectivity index (χ1v) is 8.42. The highest BCUT2D eigenvalue weighted by atomic mass is 19.4. The van der Waals surface area contributed by atoms with E-state index < -0.39 is 6.36 Å². The van der Waals surface area contributed by atoms with Crippen molar-refractivity contribution in [2.75, 3.05) is 13.1 Å². The summed E-state index contributed by atoms with van der Waals surface area (Å²) in [6.45, 7) is 2.75. The summed E-state index contributed by atoms with van der Waals surface area (Å²) in [5.74, 6) is -0.234. The predicted octanol–water partition coefficient (Wildman–Crippen LogP) is 3.37. The molecule has 0 bridgehead atoms. The highest BCUT2D eigenvalue weighted by Crippen LogP contribution is 2.24. The summed E-state index contributed by atoms with van der Waals surface area (Å²) >= 11 is 0. The minimum absolute atomic E-state index is 0.215. The van der Waals surface area contributed by atoms with Gasteiger partial charge in [0.1, 0.15) is 11.9 Å². The summed E-state index contributed by atoms with van der Waals surface area (Å²) in [6, 6.07) is 8.40. The first-order valence-electron chi connectivity index (χ1n) is 8.42. The molecule has 0 saturated carbocycles. The van der Waals surface area contributed by atoms with E-state index in [2.05, 4.69) is 14.9 Å². The topological polar surface area (TPSA) is 64.5 Å². The fourth-order valence-electron chi connectivity index (χ4n) is 2.82. The van der Waals surface area contributed by atoms with E-state index >= 15 is 0 Å². The molecule has 3 rings (SSSR count). The van der Waals surface area contributed by atoms with Crippen molar-refractivity contribution in [3.05, 3.63) is 47.7 Å². The van der Waals surface area contributed by atoms with Gasteiger partial charge in [-0.1, -0.05) is 0 Å². The van der Waals surface area contributed by atoms with Crippen molar-refractivity contribution in [3.63, 3.8) is 0 Å². The number of hydrogen-bond acceptors (Lipinski definition) is 5. The summed E-state index contributed by atoms with van der Waals surface area (Å²) in [5.41, 5.74) is 1.07. The summed E-state index contributed by atoms with van der Waals surface area (Å²) in [7, 11) is 0. The lowest BCUT2D eigenvalue weighted by molar-refractivity contribution is -0.274. The SMILES string of the molecule is Cc1ccc(OC2CCCN(C(=O)c3ccc(OC(F)(F)F)cc3)C2)nn1. The zero-order valence-electron chi connectivity index (χ0n) is 14.6. The lowest BCUT2D eigenvalue weighted by atomic mass is 10.1. The van der Waals surface area contributed by atoms with Crippen molar-refractivity contribution in [1.29, 1.82) is 0 Å². The van der Waals surface area contributed by atoms with Crippen LogP contribution >= 0.6 is 0 Å². The van der Waals surface area contributed by atoms with Crippen molar-refractivity contribution >= 4 is 5.91 Å². The predicted molar refractivity (Wildman–Crippen MR) is 89.4 cm³/mol. The van der Waals surface area contributed by atoms with Gasteiger partial charge in [-0.25, -0.2) is 0 Å². The lowest BCUT2D eigenvalue weighted by Gasteiger charge is -2.32. The highest BCUT2D eigenvalue weighted by Gasteiger charge is 2.31. The van der Waals surface area contributed by atoms with Gasteiger partial charge in [0.25, 0.3) is 5.91 Å². The first-order chi connectivity index (χ1) is 12.8. The summed E-state index contributed by atoms with van der Waals surface area (Å²) in [6.07, 6.45) is -3.45. The number of likely N-dealkylation sites (tertiary alicyclic amines) is 1. The van der Waals surface area contributed by atoms with Crippen LogP contribution in [0, 0.1) is 6.92 Å². The molecule has 9 heteroatoms. The molecule has 0 N–H and O–H groups in total. The number of rotatable bonds is 4. The molecule has 0 spiro atoms. The molecule has 6 nitrogen and oxygen atoms in total. The first kappa shape index (κ1) is 18.9. The van der Waals surface area contributed by atoms with Gasteiger partial charge in [-0.05, 0) is 50.1 Å². The Kier molecular flexibility index (Phi) is 5.48. The van der Waals surface area contributed by atoms with E-state index in [1.54, 1.807) is 17.0 Å². The van der Waals surface area contributed by atoms with Crippen LogP contribution in [0.25, 0.3) is 0 Å². The minimum Gasteiger partial charge on any atom is -0.471 e. The van der Waals surface area contributed by atoms with Crippen molar-refractivity contribution < 1.29 is 27.4 Å². The Bertz CT molecular complexity index is 779. The quantitative estimate of drug-likeness (QED) is 0.813. The second kappa shape index (κ2) is 7.81. The van der Waals surface area contributed by atoms with E-state index in [1.165, 1.54) is 12.1 Å². The lowest BCUT2D eigenvalue weighted by Crippen LogP contribution is -2.44. The minimum atomic E-state index is -4.76. The molecule has 1 fully saturated rings. The third-order valence-electron chi connectivity index (χ3n) is 4.06.